The van der Waals surface area contributed by atoms with E-state index in [9.17, 15) is 13.2 Å². The van der Waals surface area contributed by atoms with E-state index in [1.54, 1.807) is 43.5 Å². The molecule has 0 spiro atoms. The Morgan fingerprint density at radius 3 is 2.43 bits per heavy atom. The number of hydrogen-bond donors (Lipinski definition) is 0. The molecular weight excluding hydrogens is 475 g/mol. The van der Waals surface area contributed by atoms with Gasteiger partial charge in [-0.05, 0) is 67.8 Å². The van der Waals surface area contributed by atoms with Crippen molar-refractivity contribution in [2.75, 3.05) is 13.7 Å². The molecular formula is C31H34F3NO2. The molecule has 3 aromatic carbocycles. The third-order valence-electron chi connectivity index (χ3n) is 7.86. The maximum atomic E-state index is 14.3. The molecule has 0 N–H and O–H groups in total. The van der Waals surface area contributed by atoms with Crippen LogP contribution in [0.4, 0.5) is 13.2 Å². The van der Waals surface area contributed by atoms with E-state index in [1.165, 1.54) is 42.5 Å². The Kier molecular flexibility index (Phi) is 7.47. The fraction of sp³-hybridized carbons (Fsp3) is 0.419. The molecule has 0 saturated carbocycles. The quantitative estimate of drug-likeness (QED) is 0.324. The summed E-state index contributed by atoms with van der Waals surface area (Å²) >= 11 is 0. The van der Waals surface area contributed by atoms with Crippen LogP contribution in [0.2, 0.25) is 0 Å². The van der Waals surface area contributed by atoms with Crippen molar-refractivity contribution in [3.63, 3.8) is 0 Å². The van der Waals surface area contributed by atoms with E-state index in [-0.39, 0.29) is 17.7 Å². The molecule has 2 aliphatic rings. The summed E-state index contributed by atoms with van der Waals surface area (Å²) < 4.78 is 54.8. The van der Waals surface area contributed by atoms with Crippen LogP contribution in [0, 0.1) is 0 Å². The molecule has 0 bridgehead atoms. The van der Waals surface area contributed by atoms with Crippen LogP contribution in [0.25, 0.3) is 11.1 Å². The molecule has 1 aliphatic heterocycles. The van der Waals surface area contributed by atoms with E-state index in [0.717, 1.165) is 43.7 Å². The molecule has 1 heterocycles. The third kappa shape index (κ3) is 5.35. The Morgan fingerprint density at radius 1 is 0.919 bits per heavy atom. The SMILES string of the molecule is COc1cc(OCc2cccc(-c3ccccc3)c2C(F)(F)F)c2c(c1CN1CCCC[C@H]1C)CCC2. The minimum Gasteiger partial charge on any atom is -0.496 e. The molecule has 1 atom stereocenters. The van der Waals surface area contributed by atoms with Crippen LogP contribution >= 0.6 is 0 Å². The standard InChI is InChI=1S/C31H34F3NO2/c1-21-10-6-7-17-35(21)19-27-25-15-9-16-26(25)29(18-28(27)36-2)37-20-23-13-8-14-24(30(23)31(32,33)34)22-11-4-3-5-12-22/h3-5,8,11-14,18,21H,6-7,9-10,15-17,19-20H2,1-2H3/t21-/m1/s1. The molecule has 0 unspecified atom stereocenters. The molecule has 6 heteroatoms. The summed E-state index contributed by atoms with van der Waals surface area (Å²) in [5.74, 6) is 1.40. The van der Waals surface area contributed by atoms with E-state index in [1.807, 2.05) is 6.07 Å². The second-order valence-electron chi connectivity index (χ2n) is 10.2. The molecule has 3 aromatic rings. The molecule has 3 nitrogen and oxygen atoms in total. The first-order valence-electron chi connectivity index (χ1n) is 13.2. The van der Waals surface area contributed by atoms with Crippen LogP contribution in [0.15, 0.2) is 54.6 Å². The number of halogens is 3. The largest absolute Gasteiger partial charge is 0.496 e. The van der Waals surface area contributed by atoms with Crippen LogP contribution < -0.4 is 9.47 Å². The van der Waals surface area contributed by atoms with Crippen LogP contribution in [0.1, 0.15) is 60.4 Å². The molecule has 0 aromatic heterocycles. The van der Waals surface area contributed by atoms with Crippen molar-refractivity contribution in [3.8, 4) is 22.6 Å². The minimum absolute atomic E-state index is 0.130. The Labute approximate surface area is 217 Å². The van der Waals surface area contributed by atoms with Gasteiger partial charge in [-0.3, -0.25) is 4.90 Å². The highest BCUT2D eigenvalue weighted by Crippen LogP contribution is 2.43. The topological polar surface area (TPSA) is 21.7 Å². The number of likely N-dealkylation sites (tertiary alicyclic amines) is 1. The number of alkyl halides is 3. The summed E-state index contributed by atoms with van der Waals surface area (Å²) in [5.41, 5.74) is 3.78. The second kappa shape index (κ2) is 10.8. The van der Waals surface area contributed by atoms with E-state index in [4.69, 9.17) is 9.47 Å². The number of hydrogen-bond acceptors (Lipinski definition) is 3. The van der Waals surface area contributed by atoms with Crippen molar-refractivity contribution in [2.24, 2.45) is 0 Å². The number of nitrogens with zero attached hydrogens (tertiary/aromatic N) is 1. The van der Waals surface area contributed by atoms with Gasteiger partial charge in [0, 0.05) is 29.8 Å². The van der Waals surface area contributed by atoms with Crippen LogP contribution in [-0.4, -0.2) is 24.6 Å². The fourth-order valence-corrected chi connectivity index (χ4v) is 5.94. The number of methoxy groups -OCH3 is 1. The average molecular weight is 510 g/mol. The number of fused-ring (bicyclic) bond motifs is 1. The smallest absolute Gasteiger partial charge is 0.417 e. The minimum atomic E-state index is -4.50. The average Bonchev–Trinajstić information content (AvgIpc) is 3.39. The number of ether oxygens (including phenoxy) is 2. The summed E-state index contributed by atoms with van der Waals surface area (Å²) in [6, 6.07) is 15.8. The summed E-state index contributed by atoms with van der Waals surface area (Å²) in [6.07, 6.45) is 2.00. The molecule has 1 aliphatic carbocycles. The summed E-state index contributed by atoms with van der Waals surface area (Å²) in [7, 11) is 1.66. The molecule has 1 fully saturated rings. The first-order valence-corrected chi connectivity index (χ1v) is 13.2. The summed E-state index contributed by atoms with van der Waals surface area (Å²) in [4.78, 5) is 2.52. The highest BCUT2D eigenvalue weighted by molar-refractivity contribution is 5.69. The zero-order chi connectivity index (χ0) is 26.0. The number of rotatable bonds is 7. The van der Waals surface area contributed by atoms with Gasteiger partial charge in [-0.1, -0.05) is 55.0 Å². The Morgan fingerprint density at radius 2 is 1.70 bits per heavy atom. The Balaban J connectivity index is 1.47. The van der Waals surface area contributed by atoms with Gasteiger partial charge in [0.15, 0.2) is 0 Å². The monoisotopic (exact) mass is 509 g/mol. The predicted molar refractivity (Wildman–Crippen MR) is 140 cm³/mol. The van der Waals surface area contributed by atoms with Gasteiger partial charge in [-0.15, -0.1) is 0 Å². The number of benzene rings is 3. The number of piperidine rings is 1. The zero-order valence-corrected chi connectivity index (χ0v) is 21.5. The molecule has 37 heavy (non-hydrogen) atoms. The summed E-state index contributed by atoms with van der Waals surface area (Å²) in [6.45, 7) is 4.04. The van der Waals surface area contributed by atoms with Crippen molar-refractivity contribution >= 4 is 0 Å². The Bertz CT molecular complexity index is 1240. The van der Waals surface area contributed by atoms with Crippen molar-refractivity contribution in [2.45, 2.75) is 70.8 Å². The molecule has 196 valence electrons. The van der Waals surface area contributed by atoms with Crippen molar-refractivity contribution in [1.82, 2.24) is 4.90 Å². The lowest BCUT2D eigenvalue weighted by Crippen LogP contribution is -2.37. The molecule has 5 rings (SSSR count). The zero-order valence-electron chi connectivity index (χ0n) is 21.5. The van der Waals surface area contributed by atoms with E-state index in [2.05, 4.69) is 11.8 Å². The normalized spacial score (nSPS) is 18.0. The third-order valence-corrected chi connectivity index (χ3v) is 7.86. The van der Waals surface area contributed by atoms with Crippen LogP contribution in [0.3, 0.4) is 0 Å². The van der Waals surface area contributed by atoms with Gasteiger partial charge in [-0.2, -0.15) is 13.2 Å². The first kappa shape index (κ1) is 25.7. The maximum Gasteiger partial charge on any atom is 0.417 e. The molecule has 1 saturated heterocycles. The van der Waals surface area contributed by atoms with Crippen molar-refractivity contribution in [1.29, 1.82) is 0 Å². The Hall–Kier alpha value is -2.99. The van der Waals surface area contributed by atoms with Gasteiger partial charge in [0.05, 0.1) is 12.7 Å². The highest BCUT2D eigenvalue weighted by atomic mass is 19.4. The van der Waals surface area contributed by atoms with Gasteiger partial charge in [0.1, 0.15) is 18.1 Å². The van der Waals surface area contributed by atoms with Gasteiger partial charge in [-0.25, -0.2) is 0 Å². The van der Waals surface area contributed by atoms with Crippen LogP contribution in [-0.2, 0) is 32.2 Å². The van der Waals surface area contributed by atoms with E-state index >= 15 is 0 Å². The molecule has 0 amide bonds. The predicted octanol–water partition coefficient (Wildman–Crippen LogP) is 7.82. The lowest BCUT2D eigenvalue weighted by atomic mass is 9.95. The fourth-order valence-electron chi connectivity index (χ4n) is 5.94. The van der Waals surface area contributed by atoms with Crippen LogP contribution in [0.5, 0.6) is 11.5 Å². The van der Waals surface area contributed by atoms with Gasteiger partial charge in [0.25, 0.3) is 0 Å². The maximum absolute atomic E-state index is 14.3. The summed E-state index contributed by atoms with van der Waals surface area (Å²) in [5, 5.41) is 0. The van der Waals surface area contributed by atoms with Gasteiger partial charge in [0.2, 0.25) is 0 Å². The highest BCUT2D eigenvalue weighted by Gasteiger charge is 2.36. The first-order chi connectivity index (χ1) is 17.9. The molecule has 0 radical (unpaired) electrons. The second-order valence-corrected chi connectivity index (χ2v) is 10.2. The van der Waals surface area contributed by atoms with E-state index in [0.29, 0.717) is 17.4 Å². The van der Waals surface area contributed by atoms with Crippen molar-refractivity contribution < 1.29 is 22.6 Å². The lowest BCUT2D eigenvalue weighted by Gasteiger charge is -2.34. The van der Waals surface area contributed by atoms with Gasteiger partial charge >= 0.3 is 6.18 Å². The van der Waals surface area contributed by atoms with E-state index < -0.39 is 11.7 Å². The lowest BCUT2D eigenvalue weighted by molar-refractivity contribution is -0.138. The van der Waals surface area contributed by atoms with Gasteiger partial charge < -0.3 is 9.47 Å². The van der Waals surface area contributed by atoms with Crippen molar-refractivity contribution in [3.05, 3.63) is 82.4 Å².